The molecule has 0 aromatic carbocycles. The molecule has 0 saturated heterocycles. The molecule has 0 bridgehead atoms. The first-order valence-corrected chi connectivity index (χ1v) is 4.87. The maximum atomic E-state index is 6.12. The second-order valence-electron chi connectivity index (χ2n) is 4.72. The summed E-state index contributed by atoms with van der Waals surface area (Å²) in [5, 5.41) is 5.05. The Labute approximate surface area is 84.9 Å². The van der Waals surface area contributed by atoms with Crippen LogP contribution in [-0.4, -0.2) is 9.78 Å². The quantitative estimate of drug-likeness (QED) is 0.682. The third kappa shape index (κ3) is 2.47. The molecule has 3 heteroatoms. The molecule has 0 saturated carbocycles. The van der Waals surface area contributed by atoms with Gasteiger partial charge in [0.1, 0.15) is 5.15 Å². The Bertz CT molecular complexity index is 307. The molecule has 1 rings (SSSR count). The first-order chi connectivity index (χ1) is 5.81. The van der Waals surface area contributed by atoms with E-state index in [1.165, 1.54) is 5.56 Å². The summed E-state index contributed by atoms with van der Waals surface area (Å²) >= 11 is 6.12. The topological polar surface area (TPSA) is 17.8 Å². The van der Waals surface area contributed by atoms with Crippen LogP contribution in [0.2, 0.25) is 5.15 Å². The van der Waals surface area contributed by atoms with Gasteiger partial charge in [0.05, 0.1) is 5.69 Å². The zero-order chi connectivity index (χ0) is 10.2. The van der Waals surface area contributed by atoms with E-state index in [0.717, 1.165) is 17.3 Å². The van der Waals surface area contributed by atoms with Crippen molar-refractivity contribution in [2.75, 3.05) is 0 Å². The number of aromatic nitrogens is 2. The number of hydrogen-bond acceptors (Lipinski definition) is 1. The zero-order valence-corrected chi connectivity index (χ0v) is 9.74. The van der Waals surface area contributed by atoms with E-state index in [-0.39, 0.29) is 5.41 Å². The third-order valence-electron chi connectivity index (χ3n) is 1.98. The molecule has 1 heterocycles. The normalized spacial score (nSPS) is 12.2. The summed E-state index contributed by atoms with van der Waals surface area (Å²) in [5.41, 5.74) is 2.48. The smallest absolute Gasteiger partial charge is 0.130 e. The Morgan fingerprint density at radius 2 is 1.92 bits per heavy atom. The highest BCUT2D eigenvalue weighted by Crippen LogP contribution is 2.27. The number of aryl methyl sites for hydroxylation is 2. The van der Waals surface area contributed by atoms with E-state index in [2.05, 4.69) is 25.9 Å². The summed E-state index contributed by atoms with van der Waals surface area (Å²) in [7, 11) is 1.88. The second kappa shape index (κ2) is 3.33. The first kappa shape index (κ1) is 10.6. The van der Waals surface area contributed by atoms with Gasteiger partial charge in [-0.25, -0.2) is 0 Å². The molecule has 13 heavy (non-hydrogen) atoms. The third-order valence-corrected chi connectivity index (χ3v) is 2.45. The number of hydrogen-bond donors (Lipinski definition) is 0. The van der Waals surface area contributed by atoms with Crippen LogP contribution >= 0.6 is 11.6 Å². The molecule has 1 aromatic heterocycles. The van der Waals surface area contributed by atoms with Crippen molar-refractivity contribution >= 4 is 11.6 Å². The van der Waals surface area contributed by atoms with Crippen LogP contribution in [0.5, 0.6) is 0 Å². The van der Waals surface area contributed by atoms with Gasteiger partial charge in [-0.3, -0.25) is 4.68 Å². The SMILES string of the molecule is Cc1nn(C)c(Cl)c1CC(C)(C)C. The fourth-order valence-corrected chi connectivity index (χ4v) is 1.65. The Morgan fingerprint density at radius 1 is 1.38 bits per heavy atom. The average molecular weight is 201 g/mol. The van der Waals surface area contributed by atoms with Crippen molar-refractivity contribution in [2.24, 2.45) is 12.5 Å². The zero-order valence-electron chi connectivity index (χ0n) is 8.98. The highest BCUT2D eigenvalue weighted by Gasteiger charge is 2.18. The molecule has 0 unspecified atom stereocenters. The predicted octanol–water partition coefficient (Wildman–Crippen LogP) is 2.97. The van der Waals surface area contributed by atoms with E-state index in [4.69, 9.17) is 11.6 Å². The highest BCUT2D eigenvalue weighted by molar-refractivity contribution is 6.30. The molecule has 0 aliphatic rings. The molecule has 1 aromatic rings. The largest absolute Gasteiger partial charge is 0.257 e. The lowest BCUT2D eigenvalue weighted by molar-refractivity contribution is 0.410. The summed E-state index contributed by atoms with van der Waals surface area (Å²) in [6.07, 6.45) is 0.978. The van der Waals surface area contributed by atoms with Crippen molar-refractivity contribution in [3.05, 3.63) is 16.4 Å². The van der Waals surface area contributed by atoms with Gasteiger partial charge >= 0.3 is 0 Å². The van der Waals surface area contributed by atoms with Gasteiger partial charge in [-0.05, 0) is 18.8 Å². The Morgan fingerprint density at radius 3 is 2.23 bits per heavy atom. The Balaban J connectivity index is 3.01. The lowest BCUT2D eigenvalue weighted by Gasteiger charge is -2.17. The van der Waals surface area contributed by atoms with E-state index in [1.807, 2.05) is 14.0 Å². The van der Waals surface area contributed by atoms with Crippen LogP contribution in [0.25, 0.3) is 0 Å². The van der Waals surface area contributed by atoms with Crippen LogP contribution in [0.3, 0.4) is 0 Å². The minimum absolute atomic E-state index is 0.261. The Kier molecular flexibility index (Phi) is 2.71. The summed E-state index contributed by atoms with van der Waals surface area (Å²) in [4.78, 5) is 0. The van der Waals surface area contributed by atoms with Gasteiger partial charge < -0.3 is 0 Å². The van der Waals surface area contributed by atoms with Crippen molar-refractivity contribution < 1.29 is 0 Å². The molecule has 0 N–H and O–H groups in total. The van der Waals surface area contributed by atoms with Crippen molar-refractivity contribution in [1.82, 2.24) is 9.78 Å². The molecule has 0 amide bonds. The number of rotatable bonds is 1. The van der Waals surface area contributed by atoms with Gasteiger partial charge in [0.25, 0.3) is 0 Å². The van der Waals surface area contributed by atoms with Gasteiger partial charge in [0, 0.05) is 12.6 Å². The molecule has 0 radical (unpaired) electrons. The average Bonchev–Trinajstić information content (AvgIpc) is 2.14. The van der Waals surface area contributed by atoms with Gasteiger partial charge in [0.2, 0.25) is 0 Å². The van der Waals surface area contributed by atoms with Gasteiger partial charge in [0.15, 0.2) is 0 Å². The molecule has 0 aliphatic carbocycles. The molecule has 74 valence electrons. The summed E-state index contributed by atoms with van der Waals surface area (Å²) in [5.74, 6) is 0. The van der Waals surface area contributed by atoms with Crippen molar-refractivity contribution in [3.8, 4) is 0 Å². The Hall–Kier alpha value is -0.500. The van der Waals surface area contributed by atoms with Crippen molar-refractivity contribution in [3.63, 3.8) is 0 Å². The maximum Gasteiger partial charge on any atom is 0.130 e. The van der Waals surface area contributed by atoms with Gasteiger partial charge in [-0.1, -0.05) is 32.4 Å². The van der Waals surface area contributed by atoms with E-state index in [0.29, 0.717) is 0 Å². The van der Waals surface area contributed by atoms with Crippen molar-refractivity contribution in [2.45, 2.75) is 34.1 Å². The molecule has 0 aliphatic heterocycles. The van der Waals surface area contributed by atoms with Crippen LogP contribution < -0.4 is 0 Å². The fourth-order valence-electron chi connectivity index (χ4n) is 1.41. The molecular formula is C10H17ClN2. The molecule has 0 fully saturated rings. The van der Waals surface area contributed by atoms with Crippen LogP contribution in [0.1, 0.15) is 32.0 Å². The summed E-state index contributed by atoms with van der Waals surface area (Å²) in [6.45, 7) is 8.62. The predicted molar refractivity (Wildman–Crippen MR) is 56.1 cm³/mol. The lowest BCUT2D eigenvalue weighted by Crippen LogP contribution is -2.09. The number of halogens is 1. The van der Waals surface area contributed by atoms with Gasteiger partial charge in [-0.2, -0.15) is 5.10 Å². The van der Waals surface area contributed by atoms with Crippen LogP contribution in [0, 0.1) is 12.3 Å². The van der Waals surface area contributed by atoms with E-state index >= 15 is 0 Å². The summed E-state index contributed by atoms with van der Waals surface area (Å²) in [6, 6.07) is 0. The molecular weight excluding hydrogens is 184 g/mol. The first-order valence-electron chi connectivity index (χ1n) is 4.49. The van der Waals surface area contributed by atoms with Crippen LogP contribution in [-0.2, 0) is 13.5 Å². The lowest BCUT2D eigenvalue weighted by atomic mass is 9.88. The van der Waals surface area contributed by atoms with Crippen LogP contribution in [0.4, 0.5) is 0 Å². The van der Waals surface area contributed by atoms with E-state index in [1.54, 1.807) is 4.68 Å². The summed E-state index contributed by atoms with van der Waals surface area (Å²) < 4.78 is 1.73. The van der Waals surface area contributed by atoms with E-state index < -0.39 is 0 Å². The molecule has 0 spiro atoms. The van der Waals surface area contributed by atoms with Crippen molar-refractivity contribution in [1.29, 1.82) is 0 Å². The standard InChI is InChI=1S/C10H17ClN2/c1-7-8(6-10(2,3)4)9(11)13(5)12-7/h6H2,1-5H3. The van der Waals surface area contributed by atoms with Gasteiger partial charge in [-0.15, -0.1) is 0 Å². The minimum atomic E-state index is 0.261. The molecule has 0 atom stereocenters. The second-order valence-corrected chi connectivity index (χ2v) is 5.07. The molecule has 2 nitrogen and oxygen atoms in total. The maximum absolute atomic E-state index is 6.12. The van der Waals surface area contributed by atoms with E-state index in [9.17, 15) is 0 Å². The number of nitrogens with zero attached hydrogens (tertiary/aromatic N) is 2. The fraction of sp³-hybridized carbons (Fsp3) is 0.700. The monoisotopic (exact) mass is 200 g/mol. The highest BCUT2D eigenvalue weighted by atomic mass is 35.5. The van der Waals surface area contributed by atoms with Crippen LogP contribution in [0.15, 0.2) is 0 Å². The minimum Gasteiger partial charge on any atom is -0.257 e.